The van der Waals surface area contributed by atoms with Crippen LogP contribution in [0, 0.1) is 5.82 Å². The van der Waals surface area contributed by atoms with E-state index in [0.717, 1.165) is 0 Å². The number of rotatable bonds is 5. The Kier molecular flexibility index (Phi) is 5.49. The Morgan fingerprint density at radius 1 is 1.14 bits per heavy atom. The van der Waals surface area contributed by atoms with Crippen molar-refractivity contribution in [2.45, 2.75) is 26.7 Å². The molecule has 0 spiro atoms. The van der Waals surface area contributed by atoms with Crippen LogP contribution in [-0.2, 0) is 4.79 Å². The predicted molar refractivity (Wildman–Crippen MR) is 104 cm³/mol. The Morgan fingerprint density at radius 2 is 1.93 bits per heavy atom. The number of carbonyl (C=O) groups is 2. The Labute approximate surface area is 161 Å². The van der Waals surface area contributed by atoms with Gasteiger partial charge in [0.1, 0.15) is 5.82 Å². The van der Waals surface area contributed by atoms with Crippen LogP contribution >= 0.6 is 0 Å². The minimum absolute atomic E-state index is 0.00133. The molecular formula is C20H20FN5O2. The minimum Gasteiger partial charge on any atom is -0.324 e. The Balaban J connectivity index is 1.91. The zero-order valence-electron chi connectivity index (χ0n) is 15.7. The zero-order chi connectivity index (χ0) is 20.3. The lowest BCUT2D eigenvalue weighted by Gasteiger charge is -2.13. The fourth-order valence-electron chi connectivity index (χ4n) is 2.84. The van der Waals surface area contributed by atoms with E-state index in [0.29, 0.717) is 22.8 Å². The van der Waals surface area contributed by atoms with Gasteiger partial charge in [-0.3, -0.25) is 9.59 Å². The van der Waals surface area contributed by atoms with Crippen LogP contribution in [0.5, 0.6) is 0 Å². The molecule has 2 heterocycles. The van der Waals surface area contributed by atoms with Crippen LogP contribution in [0.2, 0.25) is 0 Å². The largest absolute Gasteiger partial charge is 0.324 e. The van der Waals surface area contributed by atoms with Gasteiger partial charge < -0.3 is 10.6 Å². The molecule has 3 rings (SSSR count). The molecule has 0 aliphatic rings. The van der Waals surface area contributed by atoms with Gasteiger partial charge in [-0.1, -0.05) is 19.9 Å². The van der Waals surface area contributed by atoms with Gasteiger partial charge in [0.25, 0.3) is 5.91 Å². The van der Waals surface area contributed by atoms with Crippen molar-refractivity contribution in [1.29, 1.82) is 0 Å². The van der Waals surface area contributed by atoms with E-state index < -0.39 is 11.7 Å². The first-order valence-corrected chi connectivity index (χ1v) is 8.74. The molecule has 0 saturated heterocycles. The van der Waals surface area contributed by atoms with Crippen LogP contribution in [-0.4, -0.2) is 26.6 Å². The predicted octanol–water partition coefficient (Wildman–Crippen LogP) is 3.74. The van der Waals surface area contributed by atoms with Crippen LogP contribution in [0.1, 0.15) is 42.7 Å². The number of benzene rings is 1. The molecule has 1 aromatic carbocycles. The summed E-state index contributed by atoms with van der Waals surface area (Å²) in [5, 5.41) is 9.44. The molecule has 8 heteroatoms. The molecule has 2 N–H and O–H groups in total. The average molecular weight is 381 g/mol. The molecule has 0 saturated carbocycles. The number of amides is 2. The fourth-order valence-corrected chi connectivity index (χ4v) is 2.84. The molecule has 0 unspecified atom stereocenters. The molecule has 0 bridgehead atoms. The number of nitrogens with zero attached hydrogens (tertiary/aromatic N) is 3. The maximum atomic E-state index is 13.8. The Bertz CT molecular complexity index is 1010. The summed E-state index contributed by atoms with van der Waals surface area (Å²) in [6, 6.07) is 9.43. The van der Waals surface area contributed by atoms with Gasteiger partial charge in [0.2, 0.25) is 5.91 Å². The summed E-state index contributed by atoms with van der Waals surface area (Å²) >= 11 is 0. The van der Waals surface area contributed by atoms with Crippen molar-refractivity contribution >= 4 is 23.2 Å². The van der Waals surface area contributed by atoms with E-state index in [2.05, 4.69) is 20.7 Å². The van der Waals surface area contributed by atoms with Crippen LogP contribution < -0.4 is 10.6 Å². The van der Waals surface area contributed by atoms with E-state index in [1.807, 2.05) is 19.9 Å². The quantitative estimate of drug-likeness (QED) is 0.705. The van der Waals surface area contributed by atoms with E-state index in [1.165, 1.54) is 31.3 Å². The van der Waals surface area contributed by atoms with E-state index in [-0.39, 0.29) is 17.5 Å². The van der Waals surface area contributed by atoms with Gasteiger partial charge in [0.15, 0.2) is 5.82 Å². The maximum absolute atomic E-state index is 13.8. The SMILES string of the molecule is CC(=O)Nc1cc(NC(=O)c2cnn(-c3ccccn3)c2C(C)C)ccc1F. The molecule has 3 aromatic rings. The second kappa shape index (κ2) is 7.99. The fraction of sp³-hybridized carbons (Fsp3) is 0.200. The number of anilines is 2. The second-order valence-electron chi connectivity index (χ2n) is 6.53. The number of pyridine rings is 1. The van der Waals surface area contributed by atoms with E-state index in [4.69, 9.17) is 0 Å². The zero-order valence-corrected chi connectivity index (χ0v) is 15.7. The summed E-state index contributed by atoms with van der Waals surface area (Å²) in [6.07, 6.45) is 3.14. The van der Waals surface area contributed by atoms with Crippen molar-refractivity contribution in [3.8, 4) is 5.82 Å². The number of nitrogens with one attached hydrogen (secondary N) is 2. The van der Waals surface area contributed by atoms with Crippen LogP contribution in [0.4, 0.5) is 15.8 Å². The highest BCUT2D eigenvalue weighted by molar-refractivity contribution is 6.05. The summed E-state index contributed by atoms with van der Waals surface area (Å²) in [5.41, 5.74) is 1.46. The molecule has 0 aliphatic carbocycles. The van der Waals surface area contributed by atoms with Crippen LogP contribution in [0.15, 0.2) is 48.8 Å². The lowest BCUT2D eigenvalue weighted by molar-refractivity contribution is -0.114. The second-order valence-corrected chi connectivity index (χ2v) is 6.53. The average Bonchev–Trinajstić information content (AvgIpc) is 3.10. The topological polar surface area (TPSA) is 88.9 Å². The summed E-state index contributed by atoms with van der Waals surface area (Å²) in [4.78, 5) is 28.3. The van der Waals surface area contributed by atoms with Gasteiger partial charge in [-0.2, -0.15) is 5.10 Å². The Morgan fingerprint density at radius 3 is 2.57 bits per heavy atom. The molecule has 0 fully saturated rings. The standard InChI is InChI=1S/C20H20FN5O2/c1-12(2)19-15(11-23-26(19)18-6-4-5-9-22-18)20(28)25-14-7-8-16(21)17(10-14)24-13(3)27/h4-12H,1-3H3,(H,24,27)(H,25,28). The molecule has 144 valence electrons. The molecule has 7 nitrogen and oxygen atoms in total. The Hall–Kier alpha value is -3.55. The number of hydrogen-bond acceptors (Lipinski definition) is 4. The van der Waals surface area contributed by atoms with Gasteiger partial charge in [-0.05, 0) is 36.2 Å². The van der Waals surface area contributed by atoms with Crippen molar-refractivity contribution < 1.29 is 14.0 Å². The smallest absolute Gasteiger partial charge is 0.259 e. The molecule has 0 atom stereocenters. The molecule has 2 aromatic heterocycles. The van der Waals surface area contributed by atoms with Gasteiger partial charge in [-0.15, -0.1) is 0 Å². The number of hydrogen-bond donors (Lipinski definition) is 2. The van der Waals surface area contributed by atoms with Crippen molar-refractivity contribution in [3.63, 3.8) is 0 Å². The minimum atomic E-state index is -0.584. The van der Waals surface area contributed by atoms with E-state index >= 15 is 0 Å². The van der Waals surface area contributed by atoms with Gasteiger partial charge in [0, 0.05) is 18.8 Å². The number of carbonyl (C=O) groups excluding carboxylic acids is 2. The van der Waals surface area contributed by atoms with E-state index in [9.17, 15) is 14.0 Å². The normalized spacial score (nSPS) is 10.8. The van der Waals surface area contributed by atoms with Crippen molar-refractivity contribution in [3.05, 3.63) is 65.9 Å². The summed E-state index contributed by atoms with van der Waals surface area (Å²) in [5.74, 6) is -0.750. The molecular weight excluding hydrogens is 361 g/mol. The van der Waals surface area contributed by atoms with Crippen molar-refractivity contribution in [2.75, 3.05) is 10.6 Å². The first kappa shape index (κ1) is 19.2. The van der Waals surface area contributed by atoms with Crippen LogP contribution in [0.25, 0.3) is 5.82 Å². The first-order chi connectivity index (χ1) is 13.4. The van der Waals surface area contributed by atoms with Gasteiger partial charge in [0.05, 0.1) is 23.1 Å². The first-order valence-electron chi connectivity index (χ1n) is 8.74. The maximum Gasteiger partial charge on any atom is 0.259 e. The van der Waals surface area contributed by atoms with Crippen LogP contribution in [0.3, 0.4) is 0 Å². The third-order valence-electron chi connectivity index (χ3n) is 4.00. The summed E-state index contributed by atoms with van der Waals surface area (Å²) in [7, 11) is 0. The lowest BCUT2D eigenvalue weighted by atomic mass is 10.1. The van der Waals surface area contributed by atoms with Crippen molar-refractivity contribution in [1.82, 2.24) is 14.8 Å². The highest BCUT2D eigenvalue weighted by Crippen LogP contribution is 2.24. The molecule has 2 amide bonds. The highest BCUT2D eigenvalue weighted by atomic mass is 19.1. The van der Waals surface area contributed by atoms with E-state index in [1.54, 1.807) is 23.0 Å². The third kappa shape index (κ3) is 4.06. The van der Waals surface area contributed by atoms with Gasteiger partial charge in [-0.25, -0.2) is 14.1 Å². The molecule has 0 aliphatic heterocycles. The molecule has 0 radical (unpaired) electrons. The number of halogens is 1. The third-order valence-corrected chi connectivity index (χ3v) is 4.00. The monoisotopic (exact) mass is 381 g/mol. The lowest BCUT2D eigenvalue weighted by Crippen LogP contribution is -2.16. The van der Waals surface area contributed by atoms with Gasteiger partial charge >= 0.3 is 0 Å². The van der Waals surface area contributed by atoms with Crippen molar-refractivity contribution in [2.24, 2.45) is 0 Å². The molecule has 28 heavy (non-hydrogen) atoms. The summed E-state index contributed by atoms with van der Waals surface area (Å²) < 4.78 is 15.4. The number of aromatic nitrogens is 3. The highest BCUT2D eigenvalue weighted by Gasteiger charge is 2.21. The summed E-state index contributed by atoms with van der Waals surface area (Å²) in [6.45, 7) is 5.20.